The molecule has 0 aliphatic carbocycles. The number of aliphatic hydroxyl groups is 2. The SMILES string of the molecule is C=C(O)/C=C(/CCC(C)C(C)=O)CC(C)O. The van der Waals surface area contributed by atoms with Crippen LogP contribution in [0, 0.1) is 5.92 Å². The first kappa shape index (κ1) is 14.9. The average Bonchev–Trinajstić information content (AvgIpc) is 2.11. The van der Waals surface area contributed by atoms with Crippen molar-refractivity contribution in [1.82, 2.24) is 0 Å². The lowest BCUT2D eigenvalue weighted by Crippen LogP contribution is -2.08. The van der Waals surface area contributed by atoms with Crippen molar-refractivity contribution in [2.75, 3.05) is 0 Å². The molecule has 2 unspecified atom stereocenters. The van der Waals surface area contributed by atoms with Crippen LogP contribution in [0.1, 0.15) is 40.0 Å². The number of carbonyl (C=O) groups is 1. The van der Waals surface area contributed by atoms with E-state index in [2.05, 4.69) is 6.58 Å². The molecule has 0 aliphatic rings. The average molecular weight is 226 g/mol. The predicted molar refractivity (Wildman–Crippen MR) is 65.2 cm³/mol. The number of Topliss-reactive ketones (excluding diaryl/α,β-unsaturated/α-hetero) is 1. The Kier molecular flexibility index (Phi) is 6.74. The molecular formula is C13H22O3. The van der Waals surface area contributed by atoms with Crippen LogP contribution in [0.4, 0.5) is 0 Å². The van der Waals surface area contributed by atoms with E-state index in [1.54, 1.807) is 19.9 Å². The normalized spacial score (nSPS) is 15.6. The summed E-state index contributed by atoms with van der Waals surface area (Å²) in [7, 11) is 0. The summed E-state index contributed by atoms with van der Waals surface area (Å²) in [5.41, 5.74) is 0.926. The summed E-state index contributed by atoms with van der Waals surface area (Å²) in [6, 6.07) is 0. The molecule has 0 fully saturated rings. The third-order valence-electron chi connectivity index (χ3n) is 2.52. The predicted octanol–water partition coefficient (Wildman–Crippen LogP) is 2.76. The molecule has 2 N–H and O–H groups in total. The summed E-state index contributed by atoms with van der Waals surface area (Å²) in [5, 5.41) is 18.4. The Morgan fingerprint density at radius 3 is 2.38 bits per heavy atom. The lowest BCUT2D eigenvalue weighted by molar-refractivity contribution is -0.120. The van der Waals surface area contributed by atoms with Crippen LogP contribution in [0.25, 0.3) is 0 Å². The number of carbonyl (C=O) groups excluding carboxylic acids is 1. The van der Waals surface area contributed by atoms with E-state index in [0.29, 0.717) is 12.8 Å². The van der Waals surface area contributed by atoms with E-state index in [-0.39, 0.29) is 17.5 Å². The van der Waals surface area contributed by atoms with Crippen molar-refractivity contribution in [2.45, 2.75) is 46.1 Å². The molecule has 3 heteroatoms. The van der Waals surface area contributed by atoms with Crippen molar-refractivity contribution in [3.63, 3.8) is 0 Å². The summed E-state index contributed by atoms with van der Waals surface area (Å²) < 4.78 is 0. The standard InChI is InChI=1S/C13H22O3/c1-9(12(4)16)5-6-13(7-10(2)14)8-11(3)15/h7,9,11,14-15H,2,5-6,8H2,1,3-4H3/b13-7-. The highest BCUT2D eigenvalue weighted by Gasteiger charge is 2.10. The Morgan fingerprint density at radius 1 is 1.44 bits per heavy atom. The zero-order valence-corrected chi connectivity index (χ0v) is 10.4. The van der Waals surface area contributed by atoms with Gasteiger partial charge in [0.2, 0.25) is 0 Å². The number of aliphatic hydroxyl groups excluding tert-OH is 2. The molecule has 2 atom stereocenters. The lowest BCUT2D eigenvalue weighted by atomic mass is 9.95. The van der Waals surface area contributed by atoms with Gasteiger partial charge in [-0.2, -0.15) is 0 Å². The second-order valence-electron chi connectivity index (χ2n) is 4.40. The summed E-state index contributed by atoms with van der Waals surface area (Å²) in [5.74, 6) is 0.176. The zero-order valence-electron chi connectivity index (χ0n) is 10.4. The number of hydrogen-bond donors (Lipinski definition) is 2. The third kappa shape index (κ3) is 7.23. The molecule has 16 heavy (non-hydrogen) atoms. The van der Waals surface area contributed by atoms with Gasteiger partial charge < -0.3 is 10.2 Å². The van der Waals surface area contributed by atoms with Crippen molar-refractivity contribution >= 4 is 5.78 Å². The first-order valence-electron chi connectivity index (χ1n) is 5.58. The highest BCUT2D eigenvalue weighted by atomic mass is 16.3. The summed E-state index contributed by atoms with van der Waals surface area (Å²) in [6.07, 6.45) is 3.06. The second-order valence-corrected chi connectivity index (χ2v) is 4.40. The van der Waals surface area contributed by atoms with E-state index in [4.69, 9.17) is 5.11 Å². The Bertz CT molecular complexity index is 277. The molecule has 0 aromatic carbocycles. The van der Waals surface area contributed by atoms with Crippen LogP contribution in [0.2, 0.25) is 0 Å². The highest BCUT2D eigenvalue weighted by molar-refractivity contribution is 5.77. The maximum absolute atomic E-state index is 11.1. The van der Waals surface area contributed by atoms with E-state index in [1.165, 1.54) is 0 Å². The summed E-state index contributed by atoms with van der Waals surface area (Å²) in [6.45, 7) is 8.55. The van der Waals surface area contributed by atoms with Crippen LogP contribution in [-0.4, -0.2) is 22.1 Å². The fourth-order valence-corrected chi connectivity index (χ4v) is 1.45. The van der Waals surface area contributed by atoms with Gasteiger partial charge in [-0.25, -0.2) is 0 Å². The lowest BCUT2D eigenvalue weighted by Gasteiger charge is -2.12. The van der Waals surface area contributed by atoms with E-state index < -0.39 is 6.10 Å². The van der Waals surface area contributed by atoms with Crippen molar-refractivity contribution in [3.8, 4) is 0 Å². The topological polar surface area (TPSA) is 57.5 Å². The molecule has 0 amide bonds. The molecule has 3 nitrogen and oxygen atoms in total. The fraction of sp³-hybridized carbons (Fsp3) is 0.615. The van der Waals surface area contributed by atoms with Crippen molar-refractivity contribution < 1.29 is 15.0 Å². The number of rotatable bonds is 7. The third-order valence-corrected chi connectivity index (χ3v) is 2.52. The van der Waals surface area contributed by atoms with E-state index in [1.807, 2.05) is 6.92 Å². The number of allylic oxidation sites excluding steroid dienone is 1. The van der Waals surface area contributed by atoms with Gasteiger partial charge in [-0.15, -0.1) is 0 Å². The van der Waals surface area contributed by atoms with E-state index >= 15 is 0 Å². The van der Waals surface area contributed by atoms with Crippen LogP contribution >= 0.6 is 0 Å². The number of hydrogen-bond acceptors (Lipinski definition) is 3. The molecule has 0 aromatic rings. The molecule has 0 aliphatic heterocycles. The quantitative estimate of drug-likeness (QED) is 0.518. The van der Waals surface area contributed by atoms with Gasteiger partial charge in [0.15, 0.2) is 0 Å². The van der Waals surface area contributed by atoms with Gasteiger partial charge >= 0.3 is 0 Å². The minimum Gasteiger partial charge on any atom is -0.509 e. The highest BCUT2D eigenvalue weighted by Crippen LogP contribution is 2.18. The Labute approximate surface area is 97.5 Å². The first-order chi connectivity index (χ1) is 7.32. The maximum Gasteiger partial charge on any atom is 0.132 e. The molecule has 0 bridgehead atoms. The number of ketones is 1. The van der Waals surface area contributed by atoms with E-state index in [9.17, 15) is 9.90 Å². The van der Waals surface area contributed by atoms with Gasteiger partial charge in [-0.1, -0.05) is 19.1 Å². The van der Waals surface area contributed by atoms with Gasteiger partial charge in [0, 0.05) is 5.92 Å². The van der Waals surface area contributed by atoms with Crippen molar-refractivity contribution in [2.24, 2.45) is 5.92 Å². The molecule has 0 radical (unpaired) electrons. The van der Waals surface area contributed by atoms with Gasteiger partial charge in [0.05, 0.1) is 6.10 Å². The largest absolute Gasteiger partial charge is 0.509 e. The molecule has 0 rings (SSSR count). The molecule has 0 heterocycles. The Hall–Kier alpha value is -1.09. The van der Waals surface area contributed by atoms with Gasteiger partial charge in [-0.05, 0) is 39.2 Å². The van der Waals surface area contributed by atoms with Crippen LogP contribution < -0.4 is 0 Å². The van der Waals surface area contributed by atoms with Crippen molar-refractivity contribution in [3.05, 3.63) is 24.0 Å². The molecule has 0 saturated carbocycles. The van der Waals surface area contributed by atoms with Crippen LogP contribution in [0.3, 0.4) is 0 Å². The Morgan fingerprint density at radius 2 is 2.00 bits per heavy atom. The molecule has 0 saturated heterocycles. The summed E-state index contributed by atoms with van der Waals surface area (Å²) in [4.78, 5) is 11.1. The van der Waals surface area contributed by atoms with Crippen LogP contribution in [0.15, 0.2) is 24.0 Å². The maximum atomic E-state index is 11.1. The van der Waals surface area contributed by atoms with Gasteiger partial charge in [-0.3, -0.25) is 4.79 Å². The van der Waals surface area contributed by atoms with E-state index in [0.717, 1.165) is 12.0 Å². The molecule has 0 spiro atoms. The fourth-order valence-electron chi connectivity index (χ4n) is 1.45. The van der Waals surface area contributed by atoms with Gasteiger partial charge in [0.25, 0.3) is 0 Å². The minimum atomic E-state index is -0.446. The monoisotopic (exact) mass is 226 g/mol. The van der Waals surface area contributed by atoms with Crippen LogP contribution in [-0.2, 0) is 4.79 Å². The Balaban J connectivity index is 4.33. The molecular weight excluding hydrogens is 204 g/mol. The minimum absolute atomic E-state index is 0.00821. The molecule has 0 aromatic heterocycles. The smallest absolute Gasteiger partial charge is 0.132 e. The first-order valence-corrected chi connectivity index (χ1v) is 5.58. The molecule has 92 valence electrons. The van der Waals surface area contributed by atoms with Crippen molar-refractivity contribution in [1.29, 1.82) is 0 Å². The van der Waals surface area contributed by atoms with Gasteiger partial charge in [0.1, 0.15) is 11.5 Å². The zero-order chi connectivity index (χ0) is 12.7. The van der Waals surface area contributed by atoms with Crippen LogP contribution in [0.5, 0.6) is 0 Å². The summed E-state index contributed by atoms with van der Waals surface area (Å²) >= 11 is 0. The second kappa shape index (κ2) is 7.23.